The summed E-state index contributed by atoms with van der Waals surface area (Å²) < 4.78 is 1.63. The second-order valence-electron chi connectivity index (χ2n) is 3.74. The first-order valence-electron chi connectivity index (χ1n) is 5.11. The molecule has 0 fully saturated rings. The highest BCUT2D eigenvalue weighted by atomic mass is 16.4. The number of rotatable bonds is 2. The lowest BCUT2D eigenvalue weighted by atomic mass is 10.1. The number of carbonyl (C=O) groups is 1. The molecule has 0 bridgehead atoms. The third-order valence-corrected chi connectivity index (χ3v) is 2.56. The number of aryl methyl sites for hydroxylation is 3. The third kappa shape index (κ3) is 1.44. The molecule has 2 rings (SSSR count). The number of aromatic carboxylic acids is 1. The van der Waals surface area contributed by atoms with Crippen LogP contribution in [0.25, 0.3) is 11.0 Å². The van der Waals surface area contributed by atoms with E-state index in [1.54, 1.807) is 24.7 Å². The second kappa shape index (κ2) is 3.59. The van der Waals surface area contributed by atoms with E-state index in [-0.39, 0.29) is 5.56 Å². The van der Waals surface area contributed by atoms with E-state index in [0.29, 0.717) is 23.1 Å². The van der Waals surface area contributed by atoms with Gasteiger partial charge in [0.15, 0.2) is 5.65 Å². The van der Waals surface area contributed by atoms with Crippen molar-refractivity contribution in [1.82, 2.24) is 14.8 Å². The predicted molar refractivity (Wildman–Crippen MR) is 59.6 cm³/mol. The van der Waals surface area contributed by atoms with Crippen molar-refractivity contribution in [2.75, 3.05) is 0 Å². The molecular weight excluding hydrogens is 206 g/mol. The minimum Gasteiger partial charge on any atom is -0.478 e. The quantitative estimate of drug-likeness (QED) is 0.831. The molecule has 0 aliphatic rings. The van der Waals surface area contributed by atoms with Gasteiger partial charge in [0.1, 0.15) is 0 Å². The summed E-state index contributed by atoms with van der Waals surface area (Å²) >= 11 is 0. The number of carboxylic acids is 1. The van der Waals surface area contributed by atoms with E-state index in [0.717, 1.165) is 5.69 Å². The SMILES string of the molecule is CCc1nn(C)c2nc(C)cc(C(=O)O)c12. The Kier molecular flexibility index (Phi) is 2.38. The third-order valence-electron chi connectivity index (χ3n) is 2.56. The van der Waals surface area contributed by atoms with Gasteiger partial charge in [-0.25, -0.2) is 9.78 Å². The smallest absolute Gasteiger partial charge is 0.336 e. The number of carboxylic acid groups (broad SMARTS) is 1. The van der Waals surface area contributed by atoms with Crippen molar-refractivity contribution >= 4 is 17.0 Å². The van der Waals surface area contributed by atoms with Crippen molar-refractivity contribution in [2.24, 2.45) is 7.05 Å². The van der Waals surface area contributed by atoms with E-state index in [1.165, 1.54) is 0 Å². The van der Waals surface area contributed by atoms with Crippen LogP contribution >= 0.6 is 0 Å². The van der Waals surface area contributed by atoms with Crippen LogP contribution in [0.15, 0.2) is 6.07 Å². The molecule has 1 N–H and O–H groups in total. The molecule has 0 amide bonds. The van der Waals surface area contributed by atoms with Crippen LogP contribution in [0, 0.1) is 6.92 Å². The van der Waals surface area contributed by atoms with E-state index in [2.05, 4.69) is 10.1 Å². The van der Waals surface area contributed by atoms with E-state index in [4.69, 9.17) is 0 Å². The molecule has 0 saturated heterocycles. The Balaban J connectivity index is 2.92. The van der Waals surface area contributed by atoms with Crippen molar-refractivity contribution in [3.8, 4) is 0 Å². The minimum atomic E-state index is -0.932. The van der Waals surface area contributed by atoms with Crippen molar-refractivity contribution < 1.29 is 9.90 Å². The molecule has 0 saturated carbocycles. The fraction of sp³-hybridized carbons (Fsp3) is 0.364. The largest absolute Gasteiger partial charge is 0.478 e. The van der Waals surface area contributed by atoms with E-state index in [1.807, 2.05) is 6.92 Å². The first-order valence-corrected chi connectivity index (χ1v) is 5.11. The molecule has 5 heteroatoms. The van der Waals surface area contributed by atoms with Gasteiger partial charge in [-0.15, -0.1) is 0 Å². The number of nitrogens with zero attached hydrogens (tertiary/aromatic N) is 3. The molecule has 0 unspecified atom stereocenters. The summed E-state index contributed by atoms with van der Waals surface area (Å²) in [7, 11) is 1.78. The Morgan fingerprint density at radius 1 is 1.56 bits per heavy atom. The van der Waals surface area contributed by atoms with Gasteiger partial charge in [0, 0.05) is 12.7 Å². The van der Waals surface area contributed by atoms with Crippen molar-refractivity contribution in [3.63, 3.8) is 0 Å². The van der Waals surface area contributed by atoms with E-state index in [9.17, 15) is 9.90 Å². The molecule has 0 atom stereocenters. The van der Waals surface area contributed by atoms with Crippen LogP contribution in [0.5, 0.6) is 0 Å². The van der Waals surface area contributed by atoms with Crippen LogP contribution in [0.3, 0.4) is 0 Å². The van der Waals surface area contributed by atoms with Gasteiger partial charge in [0.05, 0.1) is 16.6 Å². The van der Waals surface area contributed by atoms with Gasteiger partial charge in [-0.2, -0.15) is 5.10 Å². The Morgan fingerprint density at radius 3 is 2.81 bits per heavy atom. The zero-order valence-corrected chi connectivity index (χ0v) is 9.48. The van der Waals surface area contributed by atoms with Gasteiger partial charge in [0.25, 0.3) is 0 Å². The zero-order chi connectivity index (χ0) is 11.9. The zero-order valence-electron chi connectivity index (χ0n) is 9.48. The first-order chi connectivity index (χ1) is 7.54. The van der Waals surface area contributed by atoms with Crippen LogP contribution in [0.2, 0.25) is 0 Å². The van der Waals surface area contributed by atoms with Gasteiger partial charge < -0.3 is 5.11 Å². The Labute approximate surface area is 92.7 Å². The topological polar surface area (TPSA) is 68.0 Å². The molecule has 2 heterocycles. The maximum absolute atomic E-state index is 11.2. The molecular formula is C11H13N3O2. The molecule has 0 radical (unpaired) electrons. The van der Waals surface area contributed by atoms with Crippen LogP contribution in [-0.2, 0) is 13.5 Å². The van der Waals surface area contributed by atoms with Crippen molar-refractivity contribution in [3.05, 3.63) is 23.0 Å². The number of fused-ring (bicyclic) bond motifs is 1. The fourth-order valence-electron chi connectivity index (χ4n) is 1.87. The van der Waals surface area contributed by atoms with Gasteiger partial charge in [-0.3, -0.25) is 4.68 Å². The molecule has 84 valence electrons. The lowest BCUT2D eigenvalue weighted by Gasteiger charge is -2.01. The lowest BCUT2D eigenvalue weighted by molar-refractivity contribution is 0.0699. The molecule has 5 nitrogen and oxygen atoms in total. The number of aromatic nitrogens is 3. The summed E-state index contributed by atoms with van der Waals surface area (Å²) in [5.41, 5.74) is 2.39. The maximum atomic E-state index is 11.2. The first kappa shape index (κ1) is 10.6. The fourth-order valence-corrected chi connectivity index (χ4v) is 1.87. The summed E-state index contributed by atoms with van der Waals surface area (Å²) in [6, 6.07) is 1.59. The van der Waals surface area contributed by atoms with Gasteiger partial charge in [0.2, 0.25) is 0 Å². The van der Waals surface area contributed by atoms with Gasteiger partial charge in [-0.05, 0) is 19.4 Å². The Bertz CT molecular complexity index is 572. The highest BCUT2D eigenvalue weighted by Gasteiger charge is 2.17. The number of hydrogen-bond acceptors (Lipinski definition) is 3. The van der Waals surface area contributed by atoms with Gasteiger partial charge in [-0.1, -0.05) is 6.92 Å². The maximum Gasteiger partial charge on any atom is 0.336 e. The Morgan fingerprint density at radius 2 is 2.25 bits per heavy atom. The highest BCUT2D eigenvalue weighted by Crippen LogP contribution is 2.22. The minimum absolute atomic E-state index is 0.285. The van der Waals surface area contributed by atoms with Crippen molar-refractivity contribution in [2.45, 2.75) is 20.3 Å². The summed E-state index contributed by atoms with van der Waals surface area (Å²) in [6.07, 6.45) is 0.697. The van der Waals surface area contributed by atoms with E-state index >= 15 is 0 Å². The molecule has 0 aromatic carbocycles. The summed E-state index contributed by atoms with van der Waals surface area (Å²) in [6.45, 7) is 3.73. The number of hydrogen-bond donors (Lipinski definition) is 1. The highest BCUT2D eigenvalue weighted by molar-refractivity contribution is 6.02. The molecule has 16 heavy (non-hydrogen) atoms. The molecule has 2 aromatic rings. The van der Waals surface area contributed by atoms with Crippen molar-refractivity contribution in [1.29, 1.82) is 0 Å². The monoisotopic (exact) mass is 219 g/mol. The second-order valence-corrected chi connectivity index (χ2v) is 3.74. The summed E-state index contributed by atoms with van der Waals surface area (Å²) in [4.78, 5) is 15.5. The summed E-state index contributed by atoms with van der Waals surface area (Å²) in [5, 5.41) is 14.1. The average Bonchev–Trinajstić information content (AvgIpc) is 2.54. The molecule has 0 aliphatic heterocycles. The van der Waals surface area contributed by atoms with Crippen LogP contribution in [0.4, 0.5) is 0 Å². The predicted octanol–water partition coefficient (Wildman–Crippen LogP) is 1.54. The molecule has 2 aromatic heterocycles. The van der Waals surface area contributed by atoms with E-state index < -0.39 is 5.97 Å². The normalized spacial score (nSPS) is 10.9. The molecule has 0 aliphatic carbocycles. The average molecular weight is 219 g/mol. The van der Waals surface area contributed by atoms with Gasteiger partial charge >= 0.3 is 5.97 Å². The Hall–Kier alpha value is -1.91. The summed E-state index contributed by atoms with van der Waals surface area (Å²) in [5.74, 6) is -0.932. The lowest BCUT2D eigenvalue weighted by Crippen LogP contribution is -2.01. The van der Waals surface area contributed by atoms with Crippen LogP contribution < -0.4 is 0 Å². The number of pyridine rings is 1. The standard InChI is InChI=1S/C11H13N3O2/c1-4-8-9-7(11(15)16)5-6(2)12-10(9)14(3)13-8/h5H,4H2,1-3H3,(H,15,16). The molecule has 0 spiro atoms. The van der Waals surface area contributed by atoms with Crippen LogP contribution in [0.1, 0.15) is 28.7 Å². The van der Waals surface area contributed by atoms with Crippen LogP contribution in [-0.4, -0.2) is 25.8 Å².